The van der Waals surface area contributed by atoms with Crippen LogP contribution in [0.15, 0.2) is 42.5 Å². The summed E-state index contributed by atoms with van der Waals surface area (Å²) in [7, 11) is 1.50. The van der Waals surface area contributed by atoms with E-state index in [1.54, 1.807) is 24.3 Å². The molecule has 2 amide bonds. The Labute approximate surface area is 155 Å². The molecule has 2 aromatic carbocycles. The molecule has 0 atom stereocenters. The number of para-hydroxylation sites is 1. The summed E-state index contributed by atoms with van der Waals surface area (Å²) >= 11 is 0. The molecule has 0 saturated carbocycles. The molecule has 0 aromatic heterocycles. The molecular formula is C20H20F2N2O3. The van der Waals surface area contributed by atoms with Gasteiger partial charge in [-0.05, 0) is 37.1 Å². The average Bonchev–Trinajstić information content (AvgIpc) is 2.68. The van der Waals surface area contributed by atoms with E-state index in [4.69, 9.17) is 4.74 Å². The molecule has 0 spiro atoms. The van der Waals surface area contributed by atoms with Crippen LogP contribution in [-0.4, -0.2) is 43.0 Å². The lowest BCUT2D eigenvalue weighted by Gasteiger charge is -2.32. The number of likely N-dealkylation sites (tertiary alicyclic amines) is 1. The van der Waals surface area contributed by atoms with Crippen molar-refractivity contribution in [2.24, 2.45) is 0 Å². The first-order valence-corrected chi connectivity index (χ1v) is 8.68. The van der Waals surface area contributed by atoms with Crippen molar-refractivity contribution < 1.29 is 23.1 Å². The van der Waals surface area contributed by atoms with Gasteiger partial charge >= 0.3 is 0 Å². The van der Waals surface area contributed by atoms with Crippen molar-refractivity contribution in [3.63, 3.8) is 0 Å². The van der Waals surface area contributed by atoms with E-state index >= 15 is 0 Å². The van der Waals surface area contributed by atoms with Crippen LogP contribution in [0.2, 0.25) is 0 Å². The SMILES string of the molecule is COc1ccccc1C(=O)NC1CCN(C(=O)c2ccc(F)cc2F)CC1. The lowest BCUT2D eigenvalue weighted by atomic mass is 10.0. The molecule has 27 heavy (non-hydrogen) atoms. The van der Waals surface area contributed by atoms with Crippen LogP contribution >= 0.6 is 0 Å². The van der Waals surface area contributed by atoms with Crippen LogP contribution in [-0.2, 0) is 0 Å². The fraction of sp³-hybridized carbons (Fsp3) is 0.300. The Morgan fingerprint density at radius 1 is 1.07 bits per heavy atom. The number of hydrogen-bond donors (Lipinski definition) is 1. The number of rotatable bonds is 4. The predicted molar refractivity (Wildman–Crippen MR) is 95.7 cm³/mol. The molecule has 0 radical (unpaired) electrons. The Bertz CT molecular complexity index is 849. The number of nitrogens with zero attached hydrogens (tertiary/aromatic N) is 1. The fourth-order valence-electron chi connectivity index (χ4n) is 3.16. The van der Waals surface area contributed by atoms with E-state index in [0.29, 0.717) is 43.3 Å². The van der Waals surface area contributed by atoms with E-state index < -0.39 is 17.5 Å². The van der Waals surface area contributed by atoms with E-state index in [-0.39, 0.29) is 17.5 Å². The fourth-order valence-corrected chi connectivity index (χ4v) is 3.16. The molecule has 2 aromatic rings. The van der Waals surface area contributed by atoms with Crippen LogP contribution in [0, 0.1) is 11.6 Å². The Morgan fingerprint density at radius 2 is 1.78 bits per heavy atom. The number of piperidine rings is 1. The van der Waals surface area contributed by atoms with Gasteiger partial charge in [0.1, 0.15) is 17.4 Å². The van der Waals surface area contributed by atoms with Crippen molar-refractivity contribution in [3.8, 4) is 5.75 Å². The first-order valence-electron chi connectivity index (χ1n) is 8.68. The van der Waals surface area contributed by atoms with Crippen molar-refractivity contribution >= 4 is 11.8 Å². The van der Waals surface area contributed by atoms with Gasteiger partial charge in [0.2, 0.25) is 0 Å². The number of carbonyl (C=O) groups excluding carboxylic acids is 2. The minimum absolute atomic E-state index is 0.0930. The number of halogens is 2. The molecule has 1 fully saturated rings. The van der Waals surface area contributed by atoms with Gasteiger partial charge in [-0.15, -0.1) is 0 Å². The molecule has 7 heteroatoms. The van der Waals surface area contributed by atoms with Crippen LogP contribution in [0.5, 0.6) is 5.75 Å². The molecule has 0 aliphatic carbocycles. The van der Waals surface area contributed by atoms with Crippen molar-refractivity contribution in [1.29, 1.82) is 0 Å². The first-order chi connectivity index (χ1) is 13.0. The number of hydrogen-bond acceptors (Lipinski definition) is 3. The van der Waals surface area contributed by atoms with E-state index in [2.05, 4.69) is 5.32 Å². The monoisotopic (exact) mass is 374 g/mol. The van der Waals surface area contributed by atoms with Crippen LogP contribution in [0.1, 0.15) is 33.6 Å². The van der Waals surface area contributed by atoms with Gasteiger partial charge in [-0.1, -0.05) is 12.1 Å². The van der Waals surface area contributed by atoms with Crippen LogP contribution in [0.4, 0.5) is 8.78 Å². The number of ether oxygens (including phenoxy) is 1. The summed E-state index contributed by atoms with van der Waals surface area (Å²) in [6.45, 7) is 0.763. The zero-order chi connectivity index (χ0) is 19.4. The number of carbonyl (C=O) groups is 2. The molecule has 5 nitrogen and oxygen atoms in total. The maximum Gasteiger partial charge on any atom is 0.256 e. The highest BCUT2D eigenvalue weighted by Crippen LogP contribution is 2.20. The zero-order valence-corrected chi connectivity index (χ0v) is 14.9. The quantitative estimate of drug-likeness (QED) is 0.895. The van der Waals surface area contributed by atoms with E-state index in [9.17, 15) is 18.4 Å². The maximum atomic E-state index is 13.8. The predicted octanol–water partition coefficient (Wildman–Crippen LogP) is 3.01. The summed E-state index contributed by atoms with van der Waals surface area (Å²) in [5, 5.41) is 2.95. The molecule has 1 saturated heterocycles. The molecule has 1 aliphatic heterocycles. The minimum Gasteiger partial charge on any atom is -0.496 e. The maximum absolute atomic E-state index is 13.8. The molecule has 1 N–H and O–H groups in total. The topological polar surface area (TPSA) is 58.6 Å². The lowest BCUT2D eigenvalue weighted by Crippen LogP contribution is -2.46. The summed E-state index contributed by atoms with van der Waals surface area (Å²) in [4.78, 5) is 26.4. The van der Waals surface area contributed by atoms with Crippen molar-refractivity contribution in [2.75, 3.05) is 20.2 Å². The molecule has 3 rings (SSSR count). The first kappa shape index (κ1) is 18.8. The zero-order valence-electron chi connectivity index (χ0n) is 14.9. The third-order valence-corrected chi connectivity index (χ3v) is 4.63. The summed E-state index contributed by atoms with van der Waals surface area (Å²) in [5.41, 5.74) is 0.305. The Hall–Kier alpha value is -2.96. The molecule has 142 valence electrons. The van der Waals surface area contributed by atoms with Crippen LogP contribution < -0.4 is 10.1 Å². The highest BCUT2D eigenvalue weighted by Gasteiger charge is 2.27. The third-order valence-electron chi connectivity index (χ3n) is 4.63. The largest absolute Gasteiger partial charge is 0.496 e. The van der Waals surface area contributed by atoms with E-state index in [0.717, 1.165) is 12.1 Å². The van der Waals surface area contributed by atoms with E-state index in [1.165, 1.54) is 12.0 Å². The lowest BCUT2D eigenvalue weighted by molar-refractivity contribution is 0.0693. The van der Waals surface area contributed by atoms with Gasteiger partial charge in [0.05, 0.1) is 18.2 Å². The smallest absolute Gasteiger partial charge is 0.256 e. The summed E-state index contributed by atoms with van der Waals surface area (Å²) in [5.74, 6) is -1.80. The molecular weight excluding hydrogens is 354 g/mol. The second-order valence-corrected chi connectivity index (χ2v) is 6.36. The summed E-state index contributed by atoms with van der Waals surface area (Å²) < 4.78 is 32.0. The normalized spacial score (nSPS) is 14.7. The van der Waals surface area contributed by atoms with E-state index in [1.807, 2.05) is 0 Å². The van der Waals surface area contributed by atoms with Crippen molar-refractivity contribution in [2.45, 2.75) is 18.9 Å². The molecule has 1 heterocycles. The minimum atomic E-state index is -0.869. The summed E-state index contributed by atoms with van der Waals surface area (Å²) in [6.07, 6.45) is 1.10. The standard InChI is InChI=1S/C20H20F2N2O3/c1-27-18-5-3-2-4-16(18)19(25)23-14-8-10-24(11-9-14)20(26)15-7-6-13(21)12-17(15)22/h2-7,12,14H,8-11H2,1H3,(H,23,25). The highest BCUT2D eigenvalue weighted by atomic mass is 19.1. The number of methoxy groups -OCH3 is 1. The van der Waals surface area contributed by atoms with Gasteiger partial charge in [0.15, 0.2) is 0 Å². The second-order valence-electron chi connectivity index (χ2n) is 6.36. The Kier molecular flexibility index (Phi) is 5.69. The summed E-state index contributed by atoms with van der Waals surface area (Å²) in [6, 6.07) is 9.78. The highest BCUT2D eigenvalue weighted by molar-refractivity contribution is 5.97. The van der Waals surface area contributed by atoms with Gasteiger partial charge in [-0.2, -0.15) is 0 Å². The third kappa shape index (κ3) is 4.24. The van der Waals surface area contributed by atoms with Crippen LogP contribution in [0.3, 0.4) is 0 Å². The Balaban J connectivity index is 1.58. The molecule has 0 unspecified atom stereocenters. The van der Waals surface area contributed by atoms with Gasteiger partial charge < -0.3 is 15.0 Å². The molecule has 0 bridgehead atoms. The van der Waals surface area contributed by atoms with Gasteiger partial charge in [0, 0.05) is 25.2 Å². The number of amides is 2. The Morgan fingerprint density at radius 3 is 2.44 bits per heavy atom. The number of nitrogens with one attached hydrogen (secondary N) is 1. The van der Waals surface area contributed by atoms with Gasteiger partial charge in [-0.3, -0.25) is 9.59 Å². The second kappa shape index (κ2) is 8.16. The van der Waals surface area contributed by atoms with Crippen molar-refractivity contribution in [1.82, 2.24) is 10.2 Å². The van der Waals surface area contributed by atoms with Crippen LogP contribution in [0.25, 0.3) is 0 Å². The number of benzene rings is 2. The average molecular weight is 374 g/mol. The van der Waals surface area contributed by atoms with Crippen molar-refractivity contribution in [3.05, 3.63) is 65.2 Å². The van der Waals surface area contributed by atoms with Gasteiger partial charge in [0.25, 0.3) is 11.8 Å². The van der Waals surface area contributed by atoms with Gasteiger partial charge in [-0.25, -0.2) is 8.78 Å². The molecule has 1 aliphatic rings.